The maximum atomic E-state index is 11.6. The summed E-state index contributed by atoms with van der Waals surface area (Å²) in [6, 6.07) is 5.69. The third kappa shape index (κ3) is 1.95. The Balaban J connectivity index is 2.37. The van der Waals surface area contributed by atoms with Gasteiger partial charge in [-0.05, 0) is 29.5 Å². The lowest BCUT2D eigenvalue weighted by Crippen LogP contribution is -2.32. The van der Waals surface area contributed by atoms with Gasteiger partial charge in [0.25, 0.3) is 5.91 Å². The molecule has 1 aromatic carbocycles. The summed E-state index contributed by atoms with van der Waals surface area (Å²) in [5, 5.41) is 12.8. The smallest absolute Gasteiger partial charge is 0.251 e. The first-order chi connectivity index (χ1) is 7.59. The lowest BCUT2D eigenvalue weighted by Gasteiger charge is -2.20. The first-order valence-electron chi connectivity index (χ1n) is 5.68. The van der Waals surface area contributed by atoms with E-state index < -0.39 is 6.10 Å². The fourth-order valence-corrected chi connectivity index (χ4v) is 2.00. The Morgan fingerprint density at radius 1 is 1.38 bits per heavy atom. The summed E-state index contributed by atoms with van der Waals surface area (Å²) < 4.78 is 0. The largest absolute Gasteiger partial charge is 0.388 e. The summed E-state index contributed by atoms with van der Waals surface area (Å²) in [7, 11) is 0. The van der Waals surface area contributed by atoms with Crippen LogP contribution in [-0.4, -0.2) is 17.6 Å². The number of nitrogens with one attached hydrogen (secondary N) is 1. The van der Waals surface area contributed by atoms with Gasteiger partial charge in [0.1, 0.15) is 0 Å². The van der Waals surface area contributed by atoms with E-state index in [9.17, 15) is 9.90 Å². The Bertz CT molecular complexity index is 412. The van der Waals surface area contributed by atoms with Gasteiger partial charge >= 0.3 is 0 Å². The van der Waals surface area contributed by atoms with Crippen LogP contribution in [0.4, 0.5) is 0 Å². The molecule has 1 unspecified atom stereocenters. The number of amides is 1. The van der Waals surface area contributed by atoms with Crippen LogP contribution in [0.15, 0.2) is 18.2 Å². The Hall–Kier alpha value is -1.35. The Morgan fingerprint density at radius 2 is 2.12 bits per heavy atom. The number of rotatable bonds is 2. The standard InChI is InChI=1S/C13H17NO2/c1-8(2)12(15)10-4-3-9-5-6-14-13(16)11(9)7-10/h3-4,7-8,12,15H,5-6H2,1-2H3,(H,14,16). The van der Waals surface area contributed by atoms with Crippen LogP contribution in [0.2, 0.25) is 0 Å². The number of hydrogen-bond acceptors (Lipinski definition) is 2. The molecule has 1 heterocycles. The van der Waals surface area contributed by atoms with E-state index in [1.54, 1.807) is 0 Å². The molecule has 16 heavy (non-hydrogen) atoms. The third-order valence-electron chi connectivity index (χ3n) is 3.03. The first kappa shape index (κ1) is 11.1. The topological polar surface area (TPSA) is 49.3 Å². The maximum Gasteiger partial charge on any atom is 0.251 e. The lowest BCUT2D eigenvalue weighted by molar-refractivity contribution is 0.0944. The molecule has 0 saturated carbocycles. The van der Waals surface area contributed by atoms with Crippen LogP contribution >= 0.6 is 0 Å². The number of aliphatic hydroxyl groups is 1. The highest BCUT2D eigenvalue weighted by molar-refractivity contribution is 5.96. The van der Waals surface area contributed by atoms with Crippen LogP contribution in [0.5, 0.6) is 0 Å². The van der Waals surface area contributed by atoms with E-state index in [0.29, 0.717) is 12.1 Å². The van der Waals surface area contributed by atoms with Gasteiger partial charge in [-0.2, -0.15) is 0 Å². The van der Waals surface area contributed by atoms with E-state index in [0.717, 1.165) is 17.5 Å². The Labute approximate surface area is 95.5 Å². The zero-order valence-electron chi connectivity index (χ0n) is 9.66. The van der Waals surface area contributed by atoms with Gasteiger partial charge in [-0.15, -0.1) is 0 Å². The van der Waals surface area contributed by atoms with E-state index in [4.69, 9.17) is 0 Å². The molecule has 3 heteroatoms. The van der Waals surface area contributed by atoms with E-state index in [1.807, 2.05) is 32.0 Å². The predicted octanol–water partition coefficient (Wildman–Crippen LogP) is 1.66. The van der Waals surface area contributed by atoms with Crippen molar-refractivity contribution in [1.29, 1.82) is 0 Å². The number of fused-ring (bicyclic) bond motifs is 1. The molecule has 0 saturated heterocycles. The van der Waals surface area contributed by atoms with Crippen LogP contribution in [0.25, 0.3) is 0 Å². The van der Waals surface area contributed by atoms with Gasteiger partial charge < -0.3 is 10.4 Å². The van der Waals surface area contributed by atoms with Crippen LogP contribution < -0.4 is 5.32 Å². The van der Waals surface area contributed by atoms with Crippen LogP contribution in [0.1, 0.15) is 41.4 Å². The lowest BCUT2D eigenvalue weighted by atomic mass is 9.92. The fraction of sp³-hybridized carbons (Fsp3) is 0.462. The van der Waals surface area contributed by atoms with Crippen molar-refractivity contribution in [2.75, 3.05) is 6.54 Å². The Morgan fingerprint density at radius 3 is 2.81 bits per heavy atom. The van der Waals surface area contributed by atoms with Crippen molar-refractivity contribution in [2.24, 2.45) is 5.92 Å². The highest BCUT2D eigenvalue weighted by atomic mass is 16.3. The summed E-state index contributed by atoms with van der Waals surface area (Å²) in [5.41, 5.74) is 2.61. The van der Waals surface area contributed by atoms with Crippen molar-refractivity contribution in [2.45, 2.75) is 26.4 Å². The van der Waals surface area contributed by atoms with Crippen LogP contribution in [0.3, 0.4) is 0 Å². The molecule has 1 amide bonds. The molecule has 1 aliphatic rings. The van der Waals surface area contributed by atoms with Crippen molar-refractivity contribution >= 4 is 5.91 Å². The SMILES string of the molecule is CC(C)C(O)c1ccc2c(c1)C(=O)NCC2. The second kappa shape index (κ2) is 4.26. The van der Waals surface area contributed by atoms with E-state index in [2.05, 4.69) is 5.32 Å². The van der Waals surface area contributed by atoms with E-state index in [-0.39, 0.29) is 11.8 Å². The second-order valence-corrected chi connectivity index (χ2v) is 4.61. The zero-order valence-corrected chi connectivity index (χ0v) is 9.66. The second-order valence-electron chi connectivity index (χ2n) is 4.61. The quantitative estimate of drug-likeness (QED) is 0.794. The number of aliphatic hydroxyl groups excluding tert-OH is 1. The summed E-state index contributed by atoms with van der Waals surface area (Å²) in [6.07, 6.45) is 0.374. The molecule has 0 spiro atoms. The number of carbonyl (C=O) groups excluding carboxylic acids is 1. The molecule has 0 aromatic heterocycles. The molecule has 0 bridgehead atoms. The molecule has 1 aromatic rings. The minimum Gasteiger partial charge on any atom is -0.388 e. The number of carbonyl (C=O) groups is 1. The normalized spacial score (nSPS) is 16.9. The van der Waals surface area contributed by atoms with Crippen LogP contribution in [0, 0.1) is 5.92 Å². The number of benzene rings is 1. The van der Waals surface area contributed by atoms with Gasteiger partial charge in [0.05, 0.1) is 6.10 Å². The summed E-state index contributed by atoms with van der Waals surface area (Å²) in [5.74, 6) is 0.128. The predicted molar refractivity (Wildman–Crippen MR) is 62.3 cm³/mol. The monoisotopic (exact) mass is 219 g/mol. The minimum atomic E-state index is -0.500. The van der Waals surface area contributed by atoms with Gasteiger partial charge in [0.2, 0.25) is 0 Å². The number of hydrogen-bond donors (Lipinski definition) is 2. The van der Waals surface area contributed by atoms with Crippen molar-refractivity contribution in [3.05, 3.63) is 34.9 Å². The molecule has 0 radical (unpaired) electrons. The minimum absolute atomic E-state index is 0.0287. The van der Waals surface area contributed by atoms with Crippen LogP contribution in [-0.2, 0) is 6.42 Å². The molecule has 0 aliphatic carbocycles. The first-order valence-corrected chi connectivity index (χ1v) is 5.68. The maximum absolute atomic E-state index is 11.6. The van der Waals surface area contributed by atoms with Crippen molar-refractivity contribution < 1.29 is 9.90 Å². The summed E-state index contributed by atoms with van der Waals surface area (Å²) in [4.78, 5) is 11.6. The van der Waals surface area contributed by atoms with Gasteiger partial charge in [0.15, 0.2) is 0 Å². The van der Waals surface area contributed by atoms with Crippen molar-refractivity contribution in [1.82, 2.24) is 5.32 Å². The molecule has 86 valence electrons. The highest BCUT2D eigenvalue weighted by Gasteiger charge is 2.19. The molecule has 3 nitrogen and oxygen atoms in total. The van der Waals surface area contributed by atoms with Gasteiger partial charge in [-0.25, -0.2) is 0 Å². The molecular weight excluding hydrogens is 202 g/mol. The molecule has 0 fully saturated rings. The van der Waals surface area contributed by atoms with Crippen molar-refractivity contribution in [3.63, 3.8) is 0 Å². The third-order valence-corrected chi connectivity index (χ3v) is 3.03. The van der Waals surface area contributed by atoms with Gasteiger partial charge in [-0.3, -0.25) is 4.79 Å². The summed E-state index contributed by atoms with van der Waals surface area (Å²) >= 11 is 0. The average molecular weight is 219 g/mol. The molecule has 1 atom stereocenters. The van der Waals surface area contributed by atoms with E-state index >= 15 is 0 Å². The van der Waals surface area contributed by atoms with E-state index in [1.165, 1.54) is 0 Å². The van der Waals surface area contributed by atoms with Crippen molar-refractivity contribution in [3.8, 4) is 0 Å². The van der Waals surface area contributed by atoms with Gasteiger partial charge in [-0.1, -0.05) is 26.0 Å². The zero-order chi connectivity index (χ0) is 11.7. The molecule has 1 aliphatic heterocycles. The summed E-state index contributed by atoms with van der Waals surface area (Å²) in [6.45, 7) is 4.63. The molecule has 2 rings (SSSR count). The highest BCUT2D eigenvalue weighted by Crippen LogP contribution is 2.24. The fourth-order valence-electron chi connectivity index (χ4n) is 2.00. The molecular formula is C13H17NO2. The average Bonchev–Trinajstić information content (AvgIpc) is 2.28. The molecule has 2 N–H and O–H groups in total. The van der Waals surface area contributed by atoms with Gasteiger partial charge in [0, 0.05) is 12.1 Å². The Kier molecular flexibility index (Phi) is 2.97.